The molecule has 0 fully saturated rings. The van der Waals surface area contributed by atoms with Crippen molar-refractivity contribution in [2.75, 3.05) is 6.54 Å². The highest BCUT2D eigenvalue weighted by molar-refractivity contribution is 6.33. The second-order valence-corrected chi connectivity index (χ2v) is 6.45. The van der Waals surface area contributed by atoms with E-state index in [4.69, 9.17) is 20.8 Å². The SMILES string of the molecule is CC(C)(C)OC(=O)N1CCn2nc(-c3ncco3)c(Cl)c2C1. The first-order chi connectivity index (χ1) is 10.3. The van der Waals surface area contributed by atoms with Crippen LogP contribution in [0.5, 0.6) is 0 Å². The normalized spacial score (nSPS) is 14.8. The molecule has 0 N–H and O–H groups in total. The molecule has 1 amide bonds. The average Bonchev–Trinajstić information content (AvgIpc) is 3.05. The summed E-state index contributed by atoms with van der Waals surface area (Å²) in [6, 6.07) is 0. The molecular formula is C14H17ClN4O3. The van der Waals surface area contributed by atoms with Crippen LogP contribution in [-0.2, 0) is 17.8 Å². The Morgan fingerprint density at radius 2 is 2.18 bits per heavy atom. The first-order valence-electron chi connectivity index (χ1n) is 6.98. The smallest absolute Gasteiger partial charge is 0.410 e. The number of rotatable bonds is 1. The summed E-state index contributed by atoms with van der Waals surface area (Å²) >= 11 is 6.37. The minimum absolute atomic E-state index is 0.349. The number of carbonyl (C=O) groups excluding carboxylic acids is 1. The van der Waals surface area contributed by atoms with Crippen LogP contribution in [0.25, 0.3) is 11.6 Å². The van der Waals surface area contributed by atoms with Gasteiger partial charge in [0, 0.05) is 6.54 Å². The zero-order valence-electron chi connectivity index (χ0n) is 12.7. The Morgan fingerprint density at radius 1 is 1.41 bits per heavy atom. The Morgan fingerprint density at radius 3 is 2.82 bits per heavy atom. The Hall–Kier alpha value is -2.02. The number of carbonyl (C=O) groups is 1. The minimum Gasteiger partial charge on any atom is -0.444 e. The molecule has 1 aliphatic rings. The molecule has 1 aliphatic heterocycles. The molecule has 3 heterocycles. The Bertz CT molecular complexity index is 688. The Kier molecular flexibility index (Phi) is 3.60. The monoisotopic (exact) mass is 324 g/mol. The van der Waals surface area contributed by atoms with Crippen LogP contribution in [0.2, 0.25) is 5.02 Å². The predicted molar refractivity (Wildman–Crippen MR) is 79.4 cm³/mol. The number of halogens is 1. The zero-order chi connectivity index (χ0) is 15.9. The third-order valence-electron chi connectivity index (χ3n) is 3.20. The highest BCUT2D eigenvalue weighted by Gasteiger charge is 2.30. The fourth-order valence-corrected chi connectivity index (χ4v) is 2.52. The molecule has 118 valence electrons. The van der Waals surface area contributed by atoms with Gasteiger partial charge < -0.3 is 14.1 Å². The number of nitrogens with zero attached hydrogens (tertiary/aromatic N) is 4. The van der Waals surface area contributed by atoms with Gasteiger partial charge in [-0.15, -0.1) is 0 Å². The van der Waals surface area contributed by atoms with Crippen LogP contribution in [0, 0.1) is 0 Å². The lowest BCUT2D eigenvalue weighted by Gasteiger charge is -2.30. The van der Waals surface area contributed by atoms with Crippen LogP contribution < -0.4 is 0 Å². The molecule has 0 saturated carbocycles. The molecule has 0 aromatic carbocycles. The molecule has 0 unspecified atom stereocenters. The number of oxazole rings is 1. The van der Waals surface area contributed by atoms with Gasteiger partial charge >= 0.3 is 6.09 Å². The molecule has 0 bridgehead atoms. The van der Waals surface area contributed by atoms with Crippen molar-refractivity contribution in [1.29, 1.82) is 0 Å². The molecule has 0 aliphatic carbocycles. The average molecular weight is 325 g/mol. The van der Waals surface area contributed by atoms with Gasteiger partial charge in [-0.3, -0.25) is 4.68 Å². The van der Waals surface area contributed by atoms with Crippen molar-refractivity contribution < 1.29 is 13.9 Å². The topological polar surface area (TPSA) is 73.4 Å². The summed E-state index contributed by atoms with van der Waals surface area (Å²) in [6.07, 6.45) is 2.65. The van der Waals surface area contributed by atoms with E-state index in [2.05, 4.69) is 10.1 Å². The van der Waals surface area contributed by atoms with Crippen molar-refractivity contribution in [1.82, 2.24) is 19.7 Å². The molecule has 22 heavy (non-hydrogen) atoms. The van der Waals surface area contributed by atoms with E-state index >= 15 is 0 Å². The van der Waals surface area contributed by atoms with E-state index < -0.39 is 5.60 Å². The van der Waals surface area contributed by atoms with Crippen LogP contribution >= 0.6 is 11.6 Å². The fourth-order valence-electron chi connectivity index (χ4n) is 2.25. The Balaban J connectivity index is 1.83. The molecule has 3 rings (SSSR count). The largest absolute Gasteiger partial charge is 0.444 e. The third kappa shape index (κ3) is 2.81. The predicted octanol–water partition coefficient (Wildman–Crippen LogP) is 2.94. The van der Waals surface area contributed by atoms with Gasteiger partial charge in [-0.2, -0.15) is 5.10 Å². The van der Waals surface area contributed by atoms with E-state index in [1.54, 1.807) is 9.58 Å². The van der Waals surface area contributed by atoms with Crippen LogP contribution in [-0.4, -0.2) is 37.9 Å². The lowest BCUT2D eigenvalue weighted by atomic mass is 10.2. The second kappa shape index (κ2) is 5.31. The maximum absolute atomic E-state index is 12.2. The summed E-state index contributed by atoms with van der Waals surface area (Å²) in [6.45, 7) is 6.94. The fraction of sp³-hybridized carbons (Fsp3) is 0.500. The third-order valence-corrected chi connectivity index (χ3v) is 3.60. The molecule has 2 aromatic rings. The number of hydrogen-bond acceptors (Lipinski definition) is 5. The van der Waals surface area contributed by atoms with E-state index in [0.717, 1.165) is 5.69 Å². The summed E-state index contributed by atoms with van der Waals surface area (Å²) in [5.74, 6) is 0.371. The zero-order valence-corrected chi connectivity index (χ0v) is 13.4. The van der Waals surface area contributed by atoms with Gasteiger partial charge in [0.25, 0.3) is 0 Å². The maximum Gasteiger partial charge on any atom is 0.410 e. The minimum atomic E-state index is -0.526. The van der Waals surface area contributed by atoms with Gasteiger partial charge in [0.2, 0.25) is 5.89 Å². The highest BCUT2D eigenvalue weighted by Crippen LogP contribution is 2.31. The molecule has 2 aromatic heterocycles. The van der Waals surface area contributed by atoms with Gasteiger partial charge in [-0.1, -0.05) is 11.6 Å². The van der Waals surface area contributed by atoms with E-state index in [-0.39, 0.29) is 6.09 Å². The summed E-state index contributed by atoms with van der Waals surface area (Å²) in [5, 5.41) is 4.87. The number of aromatic nitrogens is 3. The van der Waals surface area contributed by atoms with Crippen molar-refractivity contribution in [2.45, 2.75) is 39.5 Å². The van der Waals surface area contributed by atoms with Crippen LogP contribution in [0.4, 0.5) is 4.79 Å². The number of fused-ring (bicyclic) bond motifs is 1. The number of amides is 1. The summed E-state index contributed by atoms with van der Waals surface area (Å²) in [5.41, 5.74) is 0.724. The highest BCUT2D eigenvalue weighted by atomic mass is 35.5. The molecule has 7 nitrogen and oxygen atoms in total. The van der Waals surface area contributed by atoms with Gasteiger partial charge in [-0.05, 0) is 20.8 Å². The quantitative estimate of drug-likeness (QED) is 0.806. The van der Waals surface area contributed by atoms with E-state index in [9.17, 15) is 4.79 Å². The van der Waals surface area contributed by atoms with Crippen LogP contribution in [0.1, 0.15) is 26.5 Å². The molecule has 0 atom stereocenters. The lowest BCUT2D eigenvalue weighted by Crippen LogP contribution is -2.41. The van der Waals surface area contributed by atoms with Crippen LogP contribution in [0.15, 0.2) is 16.9 Å². The van der Waals surface area contributed by atoms with Gasteiger partial charge in [0.15, 0.2) is 5.69 Å². The summed E-state index contributed by atoms with van der Waals surface area (Å²) in [4.78, 5) is 17.9. The number of ether oxygens (including phenoxy) is 1. The van der Waals surface area contributed by atoms with Crippen molar-refractivity contribution >= 4 is 17.7 Å². The number of hydrogen-bond donors (Lipinski definition) is 0. The van der Waals surface area contributed by atoms with Crippen LogP contribution in [0.3, 0.4) is 0 Å². The van der Waals surface area contributed by atoms with Gasteiger partial charge in [0.1, 0.15) is 11.9 Å². The van der Waals surface area contributed by atoms with Crippen molar-refractivity contribution in [3.8, 4) is 11.6 Å². The van der Waals surface area contributed by atoms with Crippen molar-refractivity contribution in [3.63, 3.8) is 0 Å². The maximum atomic E-state index is 12.2. The summed E-state index contributed by atoms with van der Waals surface area (Å²) in [7, 11) is 0. The van der Waals surface area contributed by atoms with Crippen molar-refractivity contribution in [2.24, 2.45) is 0 Å². The summed E-state index contributed by atoms with van der Waals surface area (Å²) < 4.78 is 12.4. The van der Waals surface area contributed by atoms with Gasteiger partial charge in [0.05, 0.1) is 30.0 Å². The first-order valence-corrected chi connectivity index (χ1v) is 7.36. The standard InChI is InChI=1S/C14H17ClN4O3/c1-14(2,3)22-13(20)18-5-6-19-9(8-18)10(15)11(17-19)12-16-4-7-21-12/h4,7H,5-6,8H2,1-3H3. The Labute approximate surface area is 132 Å². The van der Waals surface area contributed by atoms with E-state index in [0.29, 0.717) is 36.2 Å². The molecule has 0 radical (unpaired) electrons. The van der Waals surface area contributed by atoms with Gasteiger partial charge in [-0.25, -0.2) is 9.78 Å². The molecule has 0 spiro atoms. The van der Waals surface area contributed by atoms with E-state index in [1.165, 1.54) is 12.5 Å². The molecule has 8 heteroatoms. The second-order valence-electron chi connectivity index (χ2n) is 6.07. The van der Waals surface area contributed by atoms with Crippen molar-refractivity contribution in [3.05, 3.63) is 23.2 Å². The van der Waals surface area contributed by atoms with E-state index in [1.807, 2.05) is 20.8 Å². The molecular weight excluding hydrogens is 308 g/mol. The first kappa shape index (κ1) is 14.9. The lowest BCUT2D eigenvalue weighted by molar-refractivity contribution is 0.0194. The molecule has 0 saturated heterocycles.